The van der Waals surface area contributed by atoms with Gasteiger partial charge in [0.1, 0.15) is 0 Å². The number of hydrogen-bond donors (Lipinski definition) is 0. The van der Waals surface area contributed by atoms with Gasteiger partial charge in [0.2, 0.25) is 0 Å². The molecular formula is C18H20O3. The first-order valence-electron chi connectivity index (χ1n) is 7.07. The number of rotatable bonds is 3. The monoisotopic (exact) mass is 284 g/mol. The van der Waals surface area contributed by atoms with Crippen molar-refractivity contribution in [2.24, 2.45) is 5.92 Å². The lowest BCUT2D eigenvalue weighted by atomic mass is 9.79. The number of hydrogen-bond acceptors (Lipinski definition) is 3. The van der Waals surface area contributed by atoms with Gasteiger partial charge in [-0.15, -0.1) is 0 Å². The number of methoxy groups -OCH3 is 1. The number of carbonyl (C=O) groups excluding carboxylic acids is 2. The van der Waals surface area contributed by atoms with Gasteiger partial charge in [-0.25, -0.2) is 0 Å². The van der Waals surface area contributed by atoms with Crippen LogP contribution < -0.4 is 0 Å². The number of esters is 1. The van der Waals surface area contributed by atoms with Crippen molar-refractivity contribution in [2.75, 3.05) is 7.11 Å². The molecule has 3 nitrogen and oxygen atoms in total. The molecule has 0 amide bonds. The summed E-state index contributed by atoms with van der Waals surface area (Å²) in [7, 11) is 1.39. The topological polar surface area (TPSA) is 43.4 Å². The molecule has 1 aliphatic carbocycles. The third kappa shape index (κ3) is 3.48. The molecule has 3 heteroatoms. The summed E-state index contributed by atoms with van der Waals surface area (Å²) in [6.07, 6.45) is 3.14. The summed E-state index contributed by atoms with van der Waals surface area (Å²) in [5.41, 5.74) is 3.83. The molecular weight excluding hydrogens is 264 g/mol. The molecule has 1 aromatic carbocycles. The highest BCUT2D eigenvalue weighted by Gasteiger charge is 2.30. The standard InChI is InChI=1S/C18H20O3/c1-12-15(9-14-7-5-4-6-8-14)10-16(18(20)21-3)11-17(12)13(2)19/h4-9,16H,10-11H2,1-3H3/b15-9+. The van der Waals surface area contributed by atoms with Crippen molar-refractivity contribution >= 4 is 17.8 Å². The third-order valence-electron chi connectivity index (χ3n) is 3.95. The molecule has 1 aliphatic rings. The maximum Gasteiger partial charge on any atom is 0.309 e. The Balaban J connectivity index is 2.42. The van der Waals surface area contributed by atoms with Gasteiger partial charge in [0.15, 0.2) is 5.78 Å². The van der Waals surface area contributed by atoms with Crippen LogP contribution in [0.1, 0.15) is 32.3 Å². The molecule has 0 saturated carbocycles. The predicted octanol–water partition coefficient (Wildman–Crippen LogP) is 3.56. The van der Waals surface area contributed by atoms with E-state index in [1.807, 2.05) is 43.3 Å². The van der Waals surface area contributed by atoms with E-state index in [0.29, 0.717) is 12.8 Å². The average molecular weight is 284 g/mol. The molecule has 110 valence electrons. The predicted molar refractivity (Wildman–Crippen MR) is 82.5 cm³/mol. The highest BCUT2D eigenvalue weighted by molar-refractivity contribution is 5.96. The van der Waals surface area contributed by atoms with E-state index < -0.39 is 0 Å². The van der Waals surface area contributed by atoms with Crippen molar-refractivity contribution in [3.05, 3.63) is 52.6 Å². The fraction of sp³-hybridized carbons (Fsp3) is 0.333. The van der Waals surface area contributed by atoms with Gasteiger partial charge in [0, 0.05) is 0 Å². The van der Waals surface area contributed by atoms with Crippen molar-refractivity contribution in [1.29, 1.82) is 0 Å². The smallest absolute Gasteiger partial charge is 0.309 e. The number of benzene rings is 1. The zero-order chi connectivity index (χ0) is 15.4. The van der Waals surface area contributed by atoms with Gasteiger partial charge < -0.3 is 4.74 Å². The fourth-order valence-corrected chi connectivity index (χ4v) is 2.74. The maximum atomic E-state index is 11.9. The first kappa shape index (κ1) is 15.2. The Kier molecular flexibility index (Phi) is 4.73. The Morgan fingerprint density at radius 1 is 1.19 bits per heavy atom. The Morgan fingerprint density at radius 2 is 1.86 bits per heavy atom. The summed E-state index contributed by atoms with van der Waals surface area (Å²) in [5, 5.41) is 0. The van der Waals surface area contributed by atoms with Crippen molar-refractivity contribution < 1.29 is 14.3 Å². The molecule has 0 aromatic heterocycles. The number of allylic oxidation sites excluding steroid dienone is 3. The van der Waals surface area contributed by atoms with Crippen molar-refractivity contribution in [1.82, 2.24) is 0 Å². The van der Waals surface area contributed by atoms with E-state index in [1.54, 1.807) is 6.92 Å². The van der Waals surface area contributed by atoms with Crippen LogP contribution in [0.5, 0.6) is 0 Å². The zero-order valence-electron chi connectivity index (χ0n) is 12.7. The molecule has 0 N–H and O–H groups in total. The second-order valence-corrected chi connectivity index (χ2v) is 5.37. The van der Waals surface area contributed by atoms with Crippen LogP contribution in [0.4, 0.5) is 0 Å². The van der Waals surface area contributed by atoms with E-state index in [4.69, 9.17) is 4.74 Å². The van der Waals surface area contributed by atoms with E-state index in [9.17, 15) is 9.59 Å². The Hall–Kier alpha value is -2.16. The van der Waals surface area contributed by atoms with E-state index >= 15 is 0 Å². The highest BCUT2D eigenvalue weighted by atomic mass is 16.5. The highest BCUT2D eigenvalue weighted by Crippen LogP contribution is 2.35. The van der Waals surface area contributed by atoms with Gasteiger partial charge in [-0.2, -0.15) is 0 Å². The normalized spacial score (nSPS) is 20.5. The summed E-state index contributed by atoms with van der Waals surface area (Å²) in [4.78, 5) is 23.7. The first-order valence-corrected chi connectivity index (χ1v) is 7.07. The summed E-state index contributed by atoms with van der Waals surface area (Å²) in [5.74, 6) is -0.493. The molecule has 0 spiro atoms. The molecule has 0 radical (unpaired) electrons. The van der Waals surface area contributed by atoms with Gasteiger partial charge in [0.05, 0.1) is 13.0 Å². The van der Waals surface area contributed by atoms with Crippen LogP contribution in [0.15, 0.2) is 47.1 Å². The summed E-state index contributed by atoms with van der Waals surface area (Å²) < 4.78 is 4.85. The zero-order valence-corrected chi connectivity index (χ0v) is 12.7. The minimum Gasteiger partial charge on any atom is -0.469 e. The lowest BCUT2D eigenvalue weighted by Crippen LogP contribution is -2.23. The SMILES string of the molecule is COC(=O)C1CC(C(C)=O)=C(C)/C(=C/c2ccccc2)C1. The minimum absolute atomic E-state index is 0.0278. The summed E-state index contributed by atoms with van der Waals surface area (Å²) in [6.45, 7) is 3.51. The molecule has 1 aromatic rings. The second-order valence-electron chi connectivity index (χ2n) is 5.37. The number of carbonyl (C=O) groups is 2. The Labute approximate surface area is 125 Å². The molecule has 21 heavy (non-hydrogen) atoms. The second kappa shape index (κ2) is 6.53. The van der Waals surface area contributed by atoms with E-state index in [1.165, 1.54) is 7.11 Å². The quantitative estimate of drug-likeness (QED) is 0.797. The van der Waals surface area contributed by atoms with Crippen molar-refractivity contribution in [3.63, 3.8) is 0 Å². The van der Waals surface area contributed by atoms with Crippen LogP contribution in [0.2, 0.25) is 0 Å². The van der Waals surface area contributed by atoms with Crippen LogP contribution >= 0.6 is 0 Å². The van der Waals surface area contributed by atoms with Crippen LogP contribution in [-0.2, 0) is 14.3 Å². The van der Waals surface area contributed by atoms with E-state index in [-0.39, 0.29) is 17.7 Å². The molecule has 1 atom stereocenters. The fourth-order valence-electron chi connectivity index (χ4n) is 2.74. The van der Waals surface area contributed by atoms with Crippen molar-refractivity contribution in [2.45, 2.75) is 26.7 Å². The maximum absolute atomic E-state index is 11.9. The van der Waals surface area contributed by atoms with Gasteiger partial charge in [-0.3, -0.25) is 9.59 Å². The number of ether oxygens (including phenoxy) is 1. The molecule has 0 heterocycles. The van der Waals surface area contributed by atoms with Gasteiger partial charge >= 0.3 is 5.97 Å². The molecule has 0 bridgehead atoms. The summed E-state index contributed by atoms with van der Waals surface area (Å²) >= 11 is 0. The Bertz CT molecular complexity index is 609. The molecule has 0 saturated heterocycles. The van der Waals surface area contributed by atoms with Crippen LogP contribution in [0, 0.1) is 5.92 Å². The lowest BCUT2D eigenvalue weighted by Gasteiger charge is -2.25. The number of Topliss-reactive ketones (excluding diaryl/α,β-unsaturated/α-hetero) is 1. The van der Waals surface area contributed by atoms with E-state index in [0.717, 1.165) is 22.3 Å². The van der Waals surface area contributed by atoms with Gasteiger partial charge in [-0.1, -0.05) is 36.4 Å². The first-order chi connectivity index (χ1) is 10.0. The van der Waals surface area contributed by atoms with E-state index in [2.05, 4.69) is 0 Å². The molecule has 0 aliphatic heterocycles. The Morgan fingerprint density at radius 3 is 2.43 bits per heavy atom. The molecule has 2 rings (SSSR count). The number of ketones is 1. The largest absolute Gasteiger partial charge is 0.469 e. The third-order valence-corrected chi connectivity index (χ3v) is 3.95. The van der Waals surface area contributed by atoms with Gasteiger partial charge in [-0.05, 0) is 49.0 Å². The average Bonchev–Trinajstić information content (AvgIpc) is 2.49. The molecule has 0 fully saturated rings. The lowest BCUT2D eigenvalue weighted by molar-refractivity contribution is -0.145. The van der Waals surface area contributed by atoms with Crippen LogP contribution in [0.3, 0.4) is 0 Å². The summed E-state index contributed by atoms with van der Waals surface area (Å²) in [6, 6.07) is 9.92. The van der Waals surface area contributed by atoms with Crippen LogP contribution in [-0.4, -0.2) is 18.9 Å². The molecule has 1 unspecified atom stereocenters. The van der Waals surface area contributed by atoms with Gasteiger partial charge in [0.25, 0.3) is 0 Å². The van der Waals surface area contributed by atoms with Crippen LogP contribution in [0.25, 0.3) is 6.08 Å². The minimum atomic E-state index is -0.271. The van der Waals surface area contributed by atoms with Crippen molar-refractivity contribution in [3.8, 4) is 0 Å².